The smallest absolute Gasteiger partial charge is 0.203 e. The molecule has 1 N–H and O–H groups in total. The summed E-state index contributed by atoms with van der Waals surface area (Å²) in [4.78, 5) is 4.26. The summed E-state index contributed by atoms with van der Waals surface area (Å²) in [7, 11) is 4.76. The number of methoxy groups -OCH3 is 3. The minimum absolute atomic E-state index is 0.606. The number of hydrogen-bond donors (Lipinski definition) is 1. The Bertz CT molecular complexity index is 640. The Labute approximate surface area is 127 Å². The van der Waals surface area contributed by atoms with Gasteiger partial charge in [-0.2, -0.15) is 5.10 Å². The third kappa shape index (κ3) is 3.63. The first-order valence-corrected chi connectivity index (χ1v) is 7.07. The van der Waals surface area contributed by atoms with E-state index in [-0.39, 0.29) is 0 Å². The van der Waals surface area contributed by atoms with Crippen molar-refractivity contribution in [2.45, 2.75) is 6.92 Å². The van der Waals surface area contributed by atoms with Crippen LogP contribution in [-0.4, -0.2) is 32.5 Å². The van der Waals surface area contributed by atoms with Crippen molar-refractivity contribution in [2.24, 2.45) is 5.10 Å². The van der Waals surface area contributed by atoms with E-state index in [4.69, 9.17) is 14.2 Å². The number of ether oxygens (including phenoxy) is 3. The molecule has 0 unspecified atom stereocenters. The number of aryl methyl sites for hydroxylation is 1. The van der Waals surface area contributed by atoms with Gasteiger partial charge >= 0.3 is 0 Å². The van der Waals surface area contributed by atoms with Gasteiger partial charge in [0.05, 0.1) is 33.2 Å². The lowest BCUT2D eigenvalue weighted by Crippen LogP contribution is -1.97. The van der Waals surface area contributed by atoms with E-state index in [0.29, 0.717) is 17.2 Å². The second kappa shape index (κ2) is 6.94. The Morgan fingerprint density at radius 1 is 1.10 bits per heavy atom. The molecule has 0 radical (unpaired) electrons. The molecule has 7 heteroatoms. The van der Waals surface area contributed by atoms with Crippen LogP contribution in [0.4, 0.5) is 5.13 Å². The van der Waals surface area contributed by atoms with Gasteiger partial charge < -0.3 is 14.2 Å². The average molecular weight is 307 g/mol. The molecule has 0 fully saturated rings. The molecule has 0 saturated heterocycles. The fraction of sp³-hybridized carbons (Fsp3) is 0.286. The number of hydrazone groups is 1. The maximum Gasteiger partial charge on any atom is 0.203 e. The van der Waals surface area contributed by atoms with Crippen LogP contribution >= 0.6 is 11.3 Å². The van der Waals surface area contributed by atoms with Crippen molar-refractivity contribution in [3.05, 3.63) is 28.8 Å². The van der Waals surface area contributed by atoms with Crippen molar-refractivity contribution in [3.63, 3.8) is 0 Å². The SMILES string of the molecule is COc1cc(OC)c(OC)cc1/C=N/Nc1nc(C)cs1. The van der Waals surface area contributed by atoms with Gasteiger partial charge in [0.25, 0.3) is 0 Å². The van der Waals surface area contributed by atoms with Gasteiger partial charge in [0.2, 0.25) is 5.13 Å². The summed E-state index contributed by atoms with van der Waals surface area (Å²) in [5.41, 5.74) is 4.61. The molecule has 0 bridgehead atoms. The van der Waals surface area contributed by atoms with Gasteiger partial charge in [0, 0.05) is 17.0 Å². The van der Waals surface area contributed by atoms with Gasteiger partial charge in [-0.1, -0.05) is 0 Å². The summed E-state index contributed by atoms with van der Waals surface area (Å²) in [5, 5.41) is 6.85. The average Bonchev–Trinajstić information content (AvgIpc) is 2.92. The lowest BCUT2D eigenvalue weighted by Gasteiger charge is -2.11. The highest BCUT2D eigenvalue weighted by molar-refractivity contribution is 7.13. The highest BCUT2D eigenvalue weighted by atomic mass is 32.1. The monoisotopic (exact) mass is 307 g/mol. The lowest BCUT2D eigenvalue weighted by atomic mass is 10.2. The number of thiazole rings is 1. The molecule has 0 amide bonds. The Hall–Kier alpha value is -2.28. The molecular formula is C14H17N3O3S. The van der Waals surface area contributed by atoms with Crippen LogP contribution in [0.5, 0.6) is 17.2 Å². The minimum atomic E-state index is 0.606. The number of hydrogen-bond acceptors (Lipinski definition) is 7. The molecule has 0 spiro atoms. The van der Waals surface area contributed by atoms with Crippen molar-refractivity contribution in [1.29, 1.82) is 0 Å². The first-order valence-electron chi connectivity index (χ1n) is 6.19. The van der Waals surface area contributed by atoms with Crippen LogP contribution in [0.2, 0.25) is 0 Å². The number of anilines is 1. The fourth-order valence-corrected chi connectivity index (χ4v) is 2.35. The van der Waals surface area contributed by atoms with E-state index in [2.05, 4.69) is 15.5 Å². The van der Waals surface area contributed by atoms with Crippen molar-refractivity contribution in [3.8, 4) is 17.2 Å². The van der Waals surface area contributed by atoms with Crippen molar-refractivity contribution in [1.82, 2.24) is 4.98 Å². The minimum Gasteiger partial charge on any atom is -0.496 e. The second-order valence-corrected chi connectivity index (χ2v) is 4.97. The summed E-state index contributed by atoms with van der Waals surface area (Å²) < 4.78 is 15.8. The van der Waals surface area contributed by atoms with E-state index in [1.54, 1.807) is 39.7 Å². The van der Waals surface area contributed by atoms with Gasteiger partial charge in [-0.15, -0.1) is 11.3 Å². The van der Waals surface area contributed by atoms with Crippen LogP contribution in [-0.2, 0) is 0 Å². The fourth-order valence-electron chi connectivity index (χ4n) is 1.72. The summed E-state index contributed by atoms with van der Waals surface area (Å²) in [6.45, 7) is 1.93. The lowest BCUT2D eigenvalue weighted by molar-refractivity contribution is 0.349. The van der Waals surface area contributed by atoms with Crippen molar-refractivity contribution < 1.29 is 14.2 Å². The van der Waals surface area contributed by atoms with E-state index < -0.39 is 0 Å². The number of nitrogens with one attached hydrogen (secondary N) is 1. The maximum absolute atomic E-state index is 5.33. The van der Waals surface area contributed by atoms with E-state index in [1.807, 2.05) is 12.3 Å². The maximum atomic E-state index is 5.33. The molecule has 112 valence electrons. The number of benzene rings is 1. The van der Waals surface area contributed by atoms with Crippen molar-refractivity contribution >= 4 is 22.7 Å². The highest BCUT2D eigenvalue weighted by Crippen LogP contribution is 2.33. The molecule has 1 heterocycles. The first-order chi connectivity index (χ1) is 10.2. The molecule has 21 heavy (non-hydrogen) atoms. The first kappa shape index (κ1) is 15.1. The standard InChI is InChI=1S/C14H17N3O3S/c1-9-8-21-14(16-9)17-15-7-10-5-12(19-3)13(20-4)6-11(10)18-2/h5-8H,1-4H3,(H,16,17)/b15-7+. The molecule has 0 atom stereocenters. The summed E-state index contributed by atoms with van der Waals surface area (Å²) in [6.07, 6.45) is 1.65. The van der Waals surface area contributed by atoms with Crippen LogP contribution < -0.4 is 19.6 Å². The molecule has 2 aromatic rings. The largest absolute Gasteiger partial charge is 0.496 e. The van der Waals surface area contributed by atoms with Crippen LogP contribution in [0.15, 0.2) is 22.6 Å². The number of rotatable bonds is 6. The quantitative estimate of drug-likeness (QED) is 0.656. The highest BCUT2D eigenvalue weighted by Gasteiger charge is 2.10. The van der Waals surface area contributed by atoms with E-state index >= 15 is 0 Å². The molecule has 0 aliphatic rings. The van der Waals surface area contributed by atoms with Gasteiger partial charge in [-0.25, -0.2) is 4.98 Å². The summed E-state index contributed by atoms with van der Waals surface area (Å²) in [6, 6.07) is 3.56. The Morgan fingerprint density at radius 3 is 2.33 bits per heavy atom. The van der Waals surface area contributed by atoms with Crippen LogP contribution in [0, 0.1) is 6.92 Å². The predicted molar refractivity (Wildman–Crippen MR) is 84.2 cm³/mol. The van der Waals surface area contributed by atoms with E-state index in [0.717, 1.165) is 16.4 Å². The van der Waals surface area contributed by atoms with Gasteiger partial charge in [0.1, 0.15) is 5.75 Å². The zero-order valence-electron chi connectivity index (χ0n) is 12.3. The van der Waals surface area contributed by atoms with Gasteiger partial charge in [0.15, 0.2) is 11.5 Å². The van der Waals surface area contributed by atoms with Crippen LogP contribution in [0.3, 0.4) is 0 Å². The molecule has 2 rings (SSSR count). The molecule has 1 aromatic heterocycles. The Balaban J connectivity index is 2.21. The molecule has 0 aliphatic carbocycles. The van der Waals surface area contributed by atoms with Crippen LogP contribution in [0.25, 0.3) is 0 Å². The van der Waals surface area contributed by atoms with Crippen LogP contribution in [0.1, 0.15) is 11.3 Å². The van der Waals surface area contributed by atoms with Gasteiger partial charge in [-0.3, -0.25) is 5.43 Å². The molecular weight excluding hydrogens is 290 g/mol. The number of aromatic nitrogens is 1. The molecule has 0 saturated carbocycles. The number of nitrogens with zero attached hydrogens (tertiary/aromatic N) is 2. The zero-order chi connectivity index (χ0) is 15.2. The van der Waals surface area contributed by atoms with Crippen molar-refractivity contribution in [2.75, 3.05) is 26.8 Å². The second-order valence-electron chi connectivity index (χ2n) is 4.11. The molecule has 6 nitrogen and oxygen atoms in total. The van der Waals surface area contributed by atoms with Gasteiger partial charge in [-0.05, 0) is 13.0 Å². The summed E-state index contributed by atoms with van der Waals surface area (Å²) >= 11 is 1.50. The molecule has 0 aliphatic heterocycles. The van der Waals surface area contributed by atoms with E-state index in [1.165, 1.54) is 11.3 Å². The Morgan fingerprint density at radius 2 is 1.76 bits per heavy atom. The topological polar surface area (TPSA) is 65.0 Å². The third-order valence-corrected chi connectivity index (χ3v) is 3.58. The predicted octanol–water partition coefficient (Wildman–Crippen LogP) is 2.92. The summed E-state index contributed by atoms with van der Waals surface area (Å²) in [5.74, 6) is 1.87. The third-order valence-electron chi connectivity index (χ3n) is 2.72. The Kier molecular flexibility index (Phi) is 4.99. The normalized spacial score (nSPS) is 10.7. The zero-order valence-corrected chi connectivity index (χ0v) is 13.2. The molecule has 1 aromatic carbocycles. The van der Waals surface area contributed by atoms with E-state index in [9.17, 15) is 0 Å².